The first kappa shape index (κ1) is 23.2. The molecule has 0 bridgehead atoms. The monoisotopic (exact) mass is 401 g/mol. The van der Waals surface area contributed by atoms with Crippen LogP contribution in [0.1, 0.15) is 96.4 Å². The second kappa shape index (κ2) is 11.8. The number of halogens is 1. The van der Waals surface area contributed by atoms with E-state index < -0.39 is 6.17 Å². The largest absolute Gasteiger partial charge is 0.309 e. The highest BCUT2D eigenvalue weighted by atomic mass is 19.1. The molecule has 1 amide bonds. The molecule has 1 aromatic rings. The topological polar surface area (TPSA) is 54.9 Å². The number of hydrogen-bond acceptors (Lipinski definition) is 3. The first-order valence-electron chi connectivity index (χ1n) is 11.2. The van der Waals surface area contributed by atoms with Crippen molar-refractivity contribution < 1.29 is 9.18 Å². The van der Waals surface area contributed by atoms with Gasteiger partial charge < -0.3 is 5.32 Å². The minimum Gasteiger partial charge on any atom is -0.309 e. The summed E-state index contributed by atoms with van der Waals surface area (Å²) in [7, 11) is 0. The molecule has 0 radical (unpaired) electrons. The molecule has 5 heteroatoms. The summed E-state index contributed by atoms with van der Waals surface area (Å²) in [5.41, 5.74) is 2.57. The Kier molecular flexibility index (Phi) is 9.49. The molecule has 1 aromatic heterocycles. The maximum atomic E-state index is 13.6. The van der Waals surface area contributed by atoms with Crippen molar-refractivity contribution in [2.24, 2.45) is 5.92 Å². The third kappa shape index (κ3) is 7.06. The van der Waals surface area contributed by atoms with Crippen molar-refractivity contribution in [2.75, 3.05) is 5.32 Å². The highest BCUT2D eigenvalue weighted by molar-refractivity contribution is 5.90. The summed E-state index contributed by atoms with van der Waals surface area (Å²) >= 11 is 0. The van der Waals surface area contributed by atoms with E-state index in [1.165, 1.54) is 19.3 Å². The zero-order valence-electron chi connectivity index (χ0n) is 18.4. The molecule has 2 aliphatic carbocycles. The normalized spacial score (nSPS) is 19.8. The van der Waals surface area contributed by atoms with Crippen LogP contribution in [0, 0.1) is 5.92 Å². The number of rotatable bonds is 5. The van der Waals surface area contributed by atoms with Gasteiger partial charge in [-0.3, -0.25) is 4.79 Å². The molecular weight excluding hydrogens is 365 g/mol. The van der Waals surface area contributed by atoms with Crippen LogP contribution in [0.25, 0.3) is 5.57 Å². The third-order valence-electron chi connectivity index (χ3n) is 5.23. The number of hydrogen-bond donors (Lipinski definition) is 1. The van der Waals surface area contributed by atoms with Crippen LogP contribution in [0.3, 0.4) is 0 Å². The van der Waals surface area contributed by atoms with Gasteiger partial charge in [0.2, 0.25) is 5.91 Å². The van der Waals surface area contributed by atoms with Crippen LogP contribution in [-0.4, -0.2) is 22.0 Å². The van der Waals surface area contributed by atoms with Crippen molar-refractivity contribution in [3.8, 4) is 0 Å². The Labute approximate surface area is 175 Å². The van der Waals surface area contributed by atoms with Gasteiger partial charge >= 0.3 is 0 Å². The van der Waals surface area contributed by atoms with E-state index in [0.29, 0.717) is 36.9 Å². The first-order chi connectivity index (χ1) is 14.0. The molecule has 160 valence electrons. The lowest BCUT2D eigenvalue weighted by molar-refractivity contribution is -0.116. The van der Waals surface area contributed by atoms with Crippen molar-refractivity contribution in [2.45, 2.75) is 91.2 Å². The fourth-order valence-electron chi connectivity index (χ4n) is 3.81. The summed E-state index contributed by atoms with van der Waals surface area (Å²) in [4.78, 5) is 21.7. The fraction of sp³-hybridized carbons (Fsp3) is 0.625. The molecular formula is C24H36FN3O. The zero-order chi connectivity index (χ0) is 21.2. The zero-order valence-corrected chi connectivity index (χ0v) is 18.4. The molecule has 1 N–H and O–H groups in total. The molecule has 0 saturated heterocycles. The molecule has 3 rings (SSSR count). The molecule has 1 unspecified atom stereocenters. The molecule has 1 fully saturated rings. The van der Waals surface area contributed by atoms with E-state index in [9.17, 15) is 9.18 Å². The second-order valence-electron chi connectivity index (χ2n) is 8.08. The Bertz CT molecular complexity index is 721. The summed E-state index contributed by atoms with van der Waals surface area (Å²) in [6.45, 7) is 8.05. The van der Waals surface area contributed by atoms with Crippen molar-refractivity contribution in [1.29, 1.82) is 0 Å². The van der Waals surface area contributed by atoms with E-state index in [4.69, 9.17) is 4.98 Å². The van der Waals surface area contributed by atoms with Crippen molar-refractivity contribution >= 4 is 17.3 Å². The molecule has 1 atom stereocenters. The average molecular weight is 402 g/mol. The Hall–Kier alpha value is -2.04. The molecule has 1 heterocycles. The van der Waals surface area contributed by atoms with Crippen molar-refractivity contribution in [1.82, 2.24) is 9.97 Å². The second-order valence-corrected chi connectivity index (χ2v) is 8.08. The standard InChI is InChI=1S/C22H30FN3O.C2H6/c1-15(2)13-20(27)26-22-21(17-7-4-3-5-8-17)25-19(14-24-22)16-9-6-10-18(23)12-11-16;1-2/h9,11-12,14-15,17-18H,3-8,10,13H2,1-2H3,(H,24,26,27);1-2H3. The van der Waals surface area contributed by atoms with Crippen LogP contribution in [0.5, 0.6) is 0 Å². The molecule has 1 saturated carbocycles. The molecule has 4 nitrogen and oxygen atoms in total. The number of nitrogens with zero attached hydrogens (tertiary/aromatic N) is 2. The van der Waals surface area contributed by atoms with Gasteiger partial charge in [0, 0.05) is 12.3 Å². The SMILES string of the molecule is CC.CC(C)CC(=O)Nc1ncc(C2=CCCC(F)C=C2)nc1C1CCCCC1. The fourth-order valence-corrected chi connectivity index (χ4v) is 3.81. The number of aromatic nitrogens is 2. The van der Waals surface area contributed by atoms with E-state index in [1.54, 1.807) is 12.3 Å². The molecule has 0 aliphatic heterocycles. The van der Waals surface area contributed by atoms with E-state index >= 15 is 0 Å². The van der Waals surface area contributed by atoms with Gasteiger partial charge in [0.15, 0.2) is 5.82 Å². The maximum Gasteiger partial charge on any atom is 0.225 e. The quantitative estimate of drug-likeness (QED) is 0.604. The van der Waals surface area contributed by atoms with E-state index in [1.807, 2.05) is 39.8 Å². The number of carbonyl (C=O) groups is 1. The number of carbonyl (C=O) groups excluding carboxylic acids is 1. The van der Waals surface area contributed by atoms with Crippen LogP contribution < -0.4 is 5.32 Å². The highest BCUT2D eigenvalue weighted by Gasteiger charge is 2.23. The summed E-state index contributed by atoms with van der Waals surface area (Å²) < 4.78 is 13.6. The lowest BCUT2D eigenvalue weighted by Gasteiger charge is -2.23. The number of anilines is 1. The number of alkyl halides is 1. The van der Waals surface area contributed by atoms with Gasteiger partial charge in [0.05, 0.1) is 17.6 Å². The minimum absolute atomic E-state index is 0.0158. The third-order valence-corrected chi connectivity index (χ3v) is 5.23. The Balaban J connectivity index is 0.00000145. The molecule has 29 heavy (non-hydrogen) atoms. The Morgan fingerprint density at radius 2 is 1.93 bits per heavy atom. The number of allylic oxidation sites excluding steroid dienone is 4. The van der Waals surface area contributed by atoms with Gasteiger partial charge in [0.25, 0.3) is 0 Å². The first-order valence-corrected chi connectivity index (χ1v) is 11.2. The summed E-state index contributed by atoms with van der Waals surface area (Å²) in [6.07, 6.45) is 13.7. The summed E-state index contributed by atoms with van der Waals surface area (Å²) in [5, 5.41) is 2.98. The van der Waals surface area contributed by atoms with Crippen LogP contribution in [0.15, 0.2) is 24.4 Å². The van der Waals surface area contributed by atoms with Crippen molar-refractivity contribution in [3.63, 3.8) is 0 Å². The lowest BCUT2D eigenvalue weighted by atomic mass is 9.86. The Morgan fingerprint density at radius 1 is 1.21 bits per heavy atom. The highest BCUT2D eigenvalue weighted by Crippen LogP contribution is 2.35. The van der Waals surface area contributed by atoms with Gasteiger partial charge in [-0.25, -0.2) is 14.4 Å². The summed E-state index contributed by atoms with van der Waals surface area (Å²) in [5.74, 6) is 1.20. The van der Waals surface area contributed by atoms with Gasteiger partial charge in [0.1, 0.15) is 6.17 Å². The van der Waals surface area contributed by atoms with Gasteiger partial charge in [-0.2, -0.15) is 0 Å². The van der Waals surface area contributed by atoms with E-state index in [2.05, 4.69) is 10.3 Å². The van der Waals surface area contributed by atoms with E-state index in [0.717, 1.165) is 29.8 Å². The van der Waals surface area contributed by atoms with Crippen LogP contribution in [0.2, 0.25) is 0 Å². The Morgan fingerprint density at radius 3 is 2.62 bits per heavy atom. The lowest BCUT2D eigenvalue weighted by Crippen LogP contribution is -2.19. The summed E-state index contributed by atoms with van der Waals surface area (Å²) in [6, 6.07) is 0. The number of nitrogens with one attached hydrogen (secondary N) is 1. The smallest absolute Gasteiger partial charge is 0.225 e. The van der Waals surface area contributed by atoms with Gasteiger partial charge in [-0.05, 0) is 37.2 Å². The van der Waals surface area contributed by atoms with Gasteiger partial charge in [-0.1, -0.05) is 65.2 Å². The van der Waals surface area contributed by atoms with Crippen LogP contribution >= 0.6 is 0 Å². The maximum absolute atomic E-state index is 13.6. The van der Waals surface area contributed by atoms with Gasteiger partial charge in [-0.15, -0.1) is 0 Å². The minimum atomic E-state index is -0.904. The number of amides is 1. The predicted octanol–water partition coefficient (Wildman–Crippen LogP) is 6.61. The van der Waals surface area contributed by atoms with Crippen molar-refractivity contribution in [3.05, 3.63) is 35.8 Å². The average Bonchev–Trinajstić information content (AvgIpc) is 2.94. The molecule has 0 aromatic carbocycles. The predicted molar refractivity (Wildman–Crippen MR) is 119 cm³/mol. The van der Waals surface area contributed by atoms with Crippen LogP contribution in [-0.2, 0) is 4.79 Å². The molecule has 2 aliphatic rings. The van der Waals surface area contributed by atoms with E-state index in [-0.39, 0.29) is 5.91 Å². The molecule has 0 spiro atoms. The van der Waals surface area contributed by atoms with Crippen LogP contribution in [0.4, 0.5) is 10.2 Å².